The lowest BCUT2D eigenvalue weighted by Gasteiger charge is -1.95. The van der Waals surface area contributed by atoms with Gasteiger partial charge in [-0.2, -0.15) is 8.42 Å². The van der Waals surface area contributed by atoms with Gasteiger partial charge in [0.2, 0.25) is 0 Å². The van der Waals surface area contributed by atoms with E-state index >= 15 is 0 Å². The molecule has 0 saturated carbocycles. The van der Waals surface area contributed by atoms with Crippen LogP contribution in [0.25, 0.3) is 0 Å². The van der Waals surface area contributed by atoms with Crippen molar-refractivity contribution in [3.8, 4) is 0 Å². The molecule has 1 aromatic rings. The van der Waals surface area contributed by atoms with Gasteiger partial charge in [0.1, 0.15) is 0 Å². The van der Waals surface area contributed by atoms with Crippen LogP contribution in [0.1, 0.15) is 19.8 Å². The monoisotopic (exact) mass is 246 g/mol. The predicted octanol–water partition coefficient (Wildman–Crippen LogP) is 1.26. The lowest BCUT2D eigenvalue weighted by atomic mass is 10.3. The molecule has 6 heteroatoms. The Hall–Kier alpha value is -1.11. The standard InChI is InChI=1S/C6H7NO3S.C4H11N/c7-5-1-3-6(4-2-5)11(8,9)10;1-2-3-4-5/h1-4H,7H2,(H,8,9,10);2-5H2,1H3. The number of nitrogen functional groups attached to an aromatic ring is 1. The molecule has 0 unspecified atom stereocenters. The third-order valence-corrected chi connectivity index (χ3v) is 2.60. The van der Waals surface area contributed by atoms with Gasteiger partial charge in [0, 0.05) is 5.69 Å². The van der Waals surface area contributed by atoms with Gasteiger partial charge in [-0.25, -0.2) is 0 Å². The molecule has 0 aliphatic carbocycles. The summed E-state index contributed by atoms with van der Waals surface area (Å²) in [7, 11) is -4.08. The first-order valence-corrected chi connectivity index (χ1v) is 6.39. The van der Waals surface area contributed by atoms with E-state index in [1.165, 1.54) is 37.1 Å². The zero-order valence-electron chi connectivity index (χ0n) is 9.26. The first-order chi connectivity index (χ1) is 7.41. The Labute approximate surface area is 96.2 Å². The van der Waals surface area contributed by atoms with Crippen LogP contribution < -0.4 is 11.5 Å². The number of hydrogen-bond donors (Lipinski definition) is 3. The van der Waals surface area contributed by atoms with Gasteiger partial charge in [0.15, 0.2) is 0 Å². The average Bonchev–Trinajstić information content (AvgIpc) is 2.19. The predicted molar refractivity (Wildman–Crippen MR) is 64.6 cm³/mol. The maximum Gasteiger partial charge on any atom is 0.294 e. The van der Waals surface area contributed by atoms with E-state index in [-0.39, 0.29) is 4.90 Å². The minimum atomic E-state index is -4.08. The van der Waals surface area contributed by atoms with Crippen molar-refractivity contribution in [2.24, 2.45) is 5.73 Å². The largest absolute Gasteiger partial charge is 0.399 e. The topological polar surface area (TPSA) is 106 Å². The third-order valence-electron chi connectivity index (χ3n) is 1.74. The van der Waals surface area contributed by atoms with Crippen LogP contribution in [0.3, 0.4) is 0 Å². The van der Waals surface area contributed by atoms with Crippen molar-refractivity contribution in [3.63, 3.8) is 0 Å². The highest BCUT2D eigenvalue weighted by molar-refractivity contribution is 7.85. The van der Waals surface area contributed by atoms with Crippen LogP contribution in [-0.4, -0.2) is 19.5 Å². The normalized spacial score (nSPS) is 10.4. The lowest BCUT2D eigenvalue weighted by molar-refractivity contribution is 0.483. The zero-order chi connectivity index (χ0) is 12.6. The molecule has 92 valence electrons. The molecule has 0 amide bonds. The highest BCUT2D eigenvalue weighted by Crippen LogP contribution is 2.10. The summed E-state index contributed by atoms with van der Waals surface area (Å²) in [5, 5.41) is 0. The molecule has 5 nitrogen and oxygen atoms in total. The summed E-state index contributed by atoms with van der Waals surface area (Å²) in [5.74, 6) is 0. The summed E-state index contributed by atoms with van der Waals surface area (Å²) in [4.78, 5) is -0.147. The van der Waals surface area contributed by atoms with Gasteiger partial charge in [-0.15, -0.1) is 0 Å². The second-order valence-electron chi connectivity index (χ2n) is 3.19. The molecule has 0 aliphatic heterocycles. The molecular weight excluding hydrogens is 228 g/mol. The van der Waals surface area contributed by atoms with Crippen LogP contribution in [0.2, 0.25) is 0 Å². The fraction of sp³-hybridized carbons (Fsp3) is 0.400. The summed E-state index contributed by atoms with van der Waals surface area (Å²) < 4.78 is 29.4. The maximum atomic E-state index is 10.5. The smallest absolute Gasteiger partial charge is 0.294 e. The number of rotatable bonds is 3. The van der Waals surface area contributed by atoms with E-state index in [1.54, 1.807) is 0 Å². The SMILES string of the molecule is CCCCN.Nc1ccc(S(=O)(=O)O)cc1. The fourth-order valence-electron chi connectivity index (χ4n) is 0.844. The molecule has 16 heavy (non-hydrogen) atoms. The number of unbranched alkanes of at least 4 members (excludes halogenated alkanes) is 1. The molecule has 0 saturated heterocycles. The van der Waals surface area contributed by atoms with E-state index < -0.39 is 10.1 Å². The number of hydrogen-bond acceptors (Lipinski definition) is 4. The quantitative estimate of drug-likeness (QED) is 0.550. The Bertz CT molecular complexity index is 385. The highest BCUT2D eigenvalue weighted by atomic mass is 32.2. The first kappa shape index (κ1) is 14.9. The molecule has 0 aliphatic rings. The van der Waals surface area contributed by atoms with Crippen molar-refractivity contribution in [2.75, 3.05) is 12.3 Å². The van der Waals surface area contributed by atoms with Crippen molar-refractivity contribution in [1.29, 1.82) is 0 Å². The minimum Gasteiger partial charge on any atom is -0.399 e. The van der Waals surface area contributed by atoms with Crippen LogP contribution in [0.15, 0.2) is 29.2 Å². The van der Waals surface area contributed by atoms with Gasteiger partial charge < -0.3 is 11.5 Å². The Morgan fingerprint density at radius 1 is 1.25 bits per heavy atom. The molecule has 0 atom stereocenters. The molecular formula is C10H18N2O3S. The van der Waals surface area contributed by atoms with E-state index in [2.05, 4.69) is 6.92 Å². The maximum absolute atomic E-state index is 10.5. The van der Waals surface area contributed by atoms with Crippen LogP contribution in [0, 0.1) is 0 Å². The van der Waals surface area contributed by atoms with Gasteiger partial charge in [0.25, 0.3) is 10.1 Å². The van der Waals surface area contributed by atoms with Gasteiger partial charge in [-0.05, 0) is 37.2 Å². The molecule has 1 rings (SSSR count). The van der Waals surface area contributed by atoms with Crippen molar-refractivity contribution in [2.45, 2.75) is 24.7 Å². The molecule has 5 N–H and O–H groups in total. The molecule has 0 bridgehead atoms. The minimum absolute atomic E-state index is 0.147. The Kier molecular flexibility index (Phi) is 6.71. The van der Waals surface area contributed by atoms with Crippen molar-refractivity contribution in [1.82, 2.24) is 0 Å². The number of benzene rings is 1. The van der Waals surface area contributed by atoms with Gasteiger partial charge in [-0.1, -0.05) is 13.3 Å². The summed E-state index contributed by atoms with van der Waals surface area (Å²) in [6.45, 7) is 2.98. The number of nitrogens with two attached hydrogens (primary N) is 2. The Morgan fingerprint density at radius 3 is 2.00 bits per heavy atom. The fourth-order valence-corrected chi connectivity index (χ4v) is 1.32. The zero-order valence-corrected chi connectivity index (χ0v) is 10.1. The molecule has 1 aromatic carbocycles. The summed E-state index contributed by atoms with van der Waals surface area (Å²) in [6, 6.07) is 5.29. The Morgan fingerprint density at radius 2 is 1.75 bits per heavy atom. The van der Waals surface area contributed by atoms with E-state index in [0.29, 0.717) is 5.69 Å². The average molecular weight is 246 g/mol. The summed E-state index contributed by atoms with van der Waals surface area (Å²) in [5.41, 5.74) is 10.9. The highest BCUT2D eigenvalue weighted by Gasteiger charge is 2.06. The van der Waals surface area contributed by atoms with Crippen molar-refractivity contribution >= 4 is 15.8 Å². The van der Waals surface area contributed by atoms with Crippen molar-refractivity contribution in [3.05, 3.63) is 24.3 Å². The van der Waals surface area contributed by atoms with Crippen LogP contribution in [0.5, 0.6) is 0 Å². The molecule has 0 fully saturated rings. The van der Waals surface area contributed by atoms with Crippen molar-refractivity contribution < 1.29 is 13.0 Å². The molecule has 0 radical (unpaired) electrons. The third kappa shape index (κ3) is 6.39. The molecule has 0 aromatic heterocycles. The molecule has 0 heterocycles. The molecule has 0 spiro atoms. The summed E-state index contributed by atoms with van der Waals surface area (Å²) >= 11 is 0. The van der Waals surface area contributed by atoms with Gasteiger partial charge in [0.05, 0.1) is 4.90 Å². The summed E-state index contributed by atoms with van der Waals surface area (Å²) in [6.07, 6.45) is 2.39. The van der Waals surface area contributed by atoms with Crippen LogP contribution in [-0.2, 0) is 10.1 Å². The number of anilines is 1. The van der Waals surface area contributed by atoms with Gasteiger partial charge >= 0.3 is 0 Å². The van der Waals surface area contributed by atoms with Crippen LogP contribution >= 0.6 is 0 Å². The van der Waals surface area contributed by atoms with E-state index in [0.717, 1.165) is 6.54 Å². The first-order valence-electron chi connectivity index (χ1n) is 4.95. The Balaban J connectivity index is 0.000000385. The van der Waals surface area contributed by atoms with E-state index in [1.807, 2.05) is 0 Å². The second-order valence-corrected chi connectivity index (χ2v) is 4.61. The van der Waals surface area contributed by atoms with E-state index in [4.69, 9.17) is 16.0 Å². The van der Waals surface area contributed by atoms with E-state index in [9.17, 15) is 8.42 Å². The lowest BCUT2D eigenvalue weighted by Crippen LogP contribution is -1.97. The van der Waals surface area contributed by atoms with Gasteiger partial charge in [-0.3, -0.25) is 4.55 Å². The second kappa shape index (κ2) is 7.21. The van der Waals surface area contributed by atoms with Crippen LogP contribution in [0.4, 0.5) is 5.69 Å².